The molecule has 2 saturated carbocycles. The Labute approximate surface area is 417 Å². The number of β-amino-alcohol motifs (C(OH)–C–C–N with tert-alkyl or cyclic N) is 1. The first-order chi connectivity index (χ1) is 34.2. The highest BCUT2D eigenvalue weighted by Gasteiger charge is 2.50. The van der Waals surface area contributed by atoms with Gasteiger partial charge in [0.25, 0.3) is 5.91 Å². The SMILES string of the molecule is C[C@@]1(O)CCCN(c2nc(OCC3(CN4CCC5(CC4)CC(CN4CCN(c6ccc7c(c6)CN([C@H]6CCC(=O)NC6=O)C7=O)CC4)C5)CC3)nc3c(F)c(-c4cc(O)cc5cccc(Cl)c45)ncc23)C1. The number of benzene rings is 3. The summed E-state index contributed by atoms with van der Waals surface area (Å²) in [5, 5.41) is 26.2. The number of hydrogen-bond acceptors (Lipinski definition) is 13. The molecular formula is C54H61ClFN9O6. The lowest BCUT2D eigenvalue weighted by atomic mass is 9.57. The molecule has 2 aliphatic carbocycles. The monoisotopic (exact) mass is 985 g/mol. The number of aromatic nitrogens is 3. The van der Waals surface area contributed by atoms with E-state index in [1.165, 1.54) is 31.7 Å². The minimum atomic E-state index is -0.938. The smallest absolute Gasteiger partial charge is 0.319 e. The van der Waals surface area contributed by atoms with E-state index in [2.05, 4.69) is 31.1 Å². The molecule has 2 aromatic heterocycles. The number of aliphatic hydroxyl groups is 1. The number of pyridine rings is 1. The third-order valence-corrected chi connectivity index (χ3v) is 17.2. The van der Waals surface area contributed by atoms with Crippen LogP contribution < -0.4 is 19.9 Å². The van der Waals surface area contributed by atoms with Gasteiger partial charge in [-0.1, -0.05) is 23.7 Å². The maximum atomic E-state index is 17.0. The van der Waals surface area contributed by atoms with E-state index < -0.39 is 17.5 Å². The van der Waals surface area contributed by atoms with E-state index in [0.717, 1.165) is 88.8 Å². The number of rotatable bonds is 11. The number of fused-ring (bicyclic) bond motifs is 3. The minimum Gasteiger partial charge on any atom is -0.508 e. The molecule has 17 heteroatoms. The molecule has 3 amide bonds. The summed E-state index contributed by atoms with van der Waals surface area (Å²) < 4.78 is 23.5. The molecule has 5 aliphatic heterocycles. The van der Waals surface area contributed by atoms with E-state index in [4.69, 9.17) is 26.3 Å². The molecule has 3 aromatic carbocycles. The first-order valence-electron chi connectivity index (χ1n) is 25.6. The number of ether oxygens (including phenoxy) is 1. The molecular weight excluding hydrogens is 925 g/mol. The fourth-order valence-electron chi connectivity index (χ4n) is 12.9. The summed E-state index contributed by atoms with van der Waals surface area (Å²) in [5.41, 5.74) is 2.62. The van der Waals surface area contributed by atoms with Gasteiger partial charge in [-0.2, -0.15) is 9.97 Å². The van der Waals surface area contributed by atoms with Crippen LogP contribution in [0.4, 0.5) is 15.9 Å². The highest BCUT2D eigenvalue weighted by Crippen LogP contribution is 2.54. The van der Waals surface area contributed by atoms with Crippen molar-refractivity contribution >= 4 is 62.5 Å². The number of phenolic OH excluding ortho intramolecular Hbond substituents is 1. The van der Waals surface area contributed by atoms with Gasteiger partial charge in [0.1, 0.15) is 28.8 Å². The third-order valence-electron chi connectivity index (χ3n) is 16.9. The number of anilines is 2. The molecule has 71 heavy (non-hydrogen) atoms. The van der Waals surface area contributed by atoms with Gasteiger partial charge in [0.15, 0.2) is 5.82 Å². The van der Waals surface area contributed by atoms with E-state index >= 15 is 4.39 Å². The van der Waals surface area contributed by atoms with Crippen LogP contribution in [0, 0.1) is 22.6 Å². The number of nitrogens with one attached hydrogen (secondary N) is 1. The maximum absolute atomic E-state index is 17.0. The van der Waals surface area contributed by atoms with Crippen molar-refractivity contribution in [2.75, 3.05) is 81.9 Å². The van der Waals surface area contributed by atoms with Crippen LogP contribution in [0.15, 0.2) is 54.7 Å². The van der Waals surface area contributed by atoms with Crippen LogP contribution in [0.1, 0.15) is 87.1 Å². The Morgan fingerprint density at radius 2 is 1.70 bits per heavy atom. The number of nitrogens with zero attached hydrogens (tertiary/aromatic N) is 8. The van der Waals surface area contributed by atoms with Gasteiger partial charge in [0, 0.05) is 104 Å². The van der Waals surface area contributed by atoms with Gasteiger partial charge < -0.3 is 34.5 Å². The molecule has 1 spiro atoms. The molecule has 15 nitrogen and oxygen atoms in total. The second-order valence-electron chi connectivity index (χ2n) is 22.2. The predicted octanol–water partition coefficient (Wildman–Crippen LogP) is 6.93. The number of piperazine rings is 1. The van der Waals surface area contributed by atoms with Gasteiger partial charge in [-0.15, -0.1) is 0 Å². The lowest BCUT2D eigenvalue weighted by Crippen LogP contribution is -2.53. The molecule has 7 aliphatic rings. The Bertz CT molecular complexity index is 2960. The summed E-state index contributed by atoms with van der Waals surface area (Å²) in [4.78, 5) is 62.9. The van der Waals surface area contributed by atoms with Crippen LogP contribution in [0.3, 0.4) is 0 Å². The summed E-state index contributed by atoms with van der Waals surface area (Å²) in [6.45, 7) is 11.7. The molecule has 7 heterocycles. The van der Waals surface area contributed by atoms with Crippen molar-refractivity contribution < 1.29 is 33.7 Å². The van der Waals surface area contributed by atoms with Gasteiger partial charge in [-0.25, -0.2) is 4.39 Å². The van der Waals surface area contributed by atoms with E-state index in [9.17, 15) is 24.6 Å². The predicted molar refractivity (Wildman–Crippen MR) is 268 cm³/mol. The number of hydrogen-bond donors (Lipinski definition) is 3. The molecule has 372 valence electrons. The van der Waals surface area contributed by atoms with E-state index in [0.29, 0.717) is 82.6 Å². The zero-order chi connectivity index (χ0) is 48.8. The Balaban J connectivity index is 0.651. The Morgan fingerprint density at radius 3 is 2.46 bits per heavy atom. The Morgan fingerprint density at radius 1 is 0.901 bits per heavy atom. The first kappa shape index (κ1) is 46.4. The first-order valence-corrected chi connectivity index (χ1v) is 25.9. The summed E-state index contributed by atoms with van der Waals surface area (Å²) in [7, 11) is 0. The fraction of sp³-hybridized carbons (Fsp3) is 0.519. The molecule has 2 atom stereocenters. The normalized spacial score (nSPS) is 24.7. The van der Waals surface area contributed by atoms with Crippen molar-refractivity contribution in [3.8, 4) is 23.0 Å². The number of imide groups is 1. The van der Waals surface area contributed by atoms with Gasteiger partial charge in [-0.05, 0) is 136 Å². The lowest BCUT2D eigenvalue weighted by molar-refractivity contribution is -0.136. The number of aromatic hydroxyl groups is 1. The zero-order valence-corrected chi connectivity index (χ0v) is 41.0. The number of carbonyl (C=O) groups is 3. The standard InChI is InChI=1S/C54H61ClFN9O6/c1-52(70)10-3-15-64(30-52)48-40-27-57-46(39-24-37(66)23-34-4-2-5-41(55)44(34)39)45(56)47(40)59-51(60-48)71-32-54(11-12-54)31-62-16-13-53(14-17-62)25-33(26-53)28-61-18-20-63(21-19-61)36-6-7-38-35(22-36)29-65(50(38)69)42-8-9-43(67)58-49(42)68/h2,4-7,22-24,27,33,42,66,70H,3,8-21,25-26,28-32H2,1H3,(H,58,67,68)/t42-,52+/m0/s1. The second kappa shape index (κ2) is 17.8. The number of carbonyl (C=O) groups excluding carboxylic acids is 3. The summed E-state index contributed by atoms with van der Waals surface area (Å²) >= 11 is 6.66. The van der Waals surface area contributed by atoms with Gasteiger partial charge >= 0.3 is 6.01 Å². The molecule has 0 unspecified atom stereocenters. The topological polar surface area (TPSA) is 168 Å². The van der Waals surface area contributed by atoms with E-state index in [1.807, 2.05) is 30.0 Å². The Hall–Kier alpha value is -5.68. The molecule has 5 aromatic rings. The molecule has 0 bridgehead atoms. The second-order valence-corrected chi connectivity index (χ2v) is 22.6. The summed E-state index contributed by atoms with van der Waals surface area (Å²) in [6, 6.07) is 13.9. The van der Waals surface area contributed by atoms with Gasteiger partial charge in [-0.3, -0.25) is 29.6 Å². The average Bonchev–Trinajstić information content (AvgIpc) is 4.03. The molecule has 4 saturated heterocycles. The van der Waals surface area contributed by atoms with Crippen molar-refractivity contribution in [3.05, 3.63) is 76.7 Å². The molecule has 12 rings (SSSR count). The van der Waals surface area contributed by atoms with Crippen molar-refractivity contribution in [2.45, 2.75) is 89.3 Å². The van der Waals surface area contributed by atoms with Crippen molar-refractivity contribution in [1.29, 1.82) is 0 Å². The number of halogens is 2. The number of likely N-dealkylation sites (tertiary alicyclic amines) is 1. The van der Waals surface area contributed by atoms with E-state index in [1.54, 1.807) is 29.3 Å². The summed E-state index contributed by atoms with van der Waals surface area (Å²) in [5.74, 6) is -0.295. The van der Waals surface area contributed by atoms with Crippen LogP contribution in [0.5, 0.6) is 11.8 Å². The fourth-order valence-corrected chi connectivity index (χ4v) is 13.2. The van der Waals surface area contributed by atoms with Crippen LogP contribution in [0.25, 0.3) is 32.9 Å². The number of amides is 3. The van der Waals surface area contributed by atoms with E-state index in [-0.39, 0.29) is 52.5 Å². The van der Waals surface area contributed by atoms with Crippen molar-refractivity contribution in [2.24, 2.45) is 16.7 Å². The van der Waals surface area contributed by atoms with Crippen LogP contribution >= 0.6 is 11.6 Å². The zero-order valence-electron chi connectivity index (χ0n) is 40.3. The average molecular weight is 987 g/mol. The van der Waals surface area contributed by atoms with Crippen LogP contribution in [-0.4, -0.2) is 141 Å². The minimum absolute atomic E-state index is 0.0161. The van der Waals surface area contributed by atoms with Crippen molar-refractivity contribution in [1.82, 2.24) is 35.0 Å². The Kier molecular flexibility index (Phi) is 11.6. The van der Waals surface area contributed by atoms with Crippen molar-refractivity contribution in [3.63, 3.8) is 0 Å². The molecule has 0 radical (unpaired) electrons. The molecule has 3 N–H and O–H groups in total. The highest BCUT2D eigenvalue weighted by molar-refractivity contribution is 6.36. The van der Waals surface area contributed by atoms with Crippen LogP contribution in [-0.2, 0) is 16.1 Å². The van der Waals surface area contributed by atoms with Crippen LogP contribution in [0.2, 0.25) is 5.02 Å². The lowest BCUT2D eigenvalue weighted by Gasteiger charge is -2.54. The van der Waals surface area contributed by atoms with Gasteiger partial charge in [0.05, 0.1) is 17.6 Å². The highest BCUT2D eigenvalue weighted by atomic mass is 35.5. The number of phenols is 1. The quantitative estimate of drug-likeness (QED) is 0.117. The number of piperidine rings is 3. The summed E-state index contributed by atoms with van der Waals surface area (Å²) in [6.07, 6.45) is 10.7. The largest absolute Gasteiger partial charge is 0.508 e. The molecule has 6 fully saturated rings. The third kappa shape index (κ3) is 8.92. The maximum Gasteiger partial charge on any atom is 0.319 e. The van der Waals surface area contributed by atoms with Gasteiger partial charge in [0.2, 0.25) is 11.8 Å².